The van der Waals surface area contributed by atoms with Crippen LogP contribution < -0.4 is 10.1 Å². The van der Waals surface area contributed by atoms with Gasteiger partial charge >= 0.3 is 5.97 Å². The third kappa shape index (κ3) is 4.48. The summed E-state index contributed by atoms with van der Waals surface area (Å²) < 4.78 is 33.7. The molecule has 1 N–H and O–H groups in total. The minimum absolute atomic E-state index is 0.0630. The van der Waals surface area contributed by atoms with Crippen LogP contribution in [-0.4, -0.2) is 50.6 Å². The van der Waals surface area contributed by atoms with Crippen molar-refractivity contribution in [3.05, 3.63) is 28.8 Å². The first-order valence-corrected chi connectivity index (χ1v) is 10.6. The van der Waals surface area contributed by atoms with Gasteiger partial charge in [0, 0.05) is 11.1 Å². The molecule has 1 aromatic carbocycles. The van der Waals surface area contributed by atoms with Gasteiger partial charge in [-0.15, -0.1) is 0 Å². The molecule has 0 spiro atoms. The molecule has 0 aliphatic carbocycles. The maximum absolute atomic E-state index is 12.3. The van der Waals surface area contributed by atoms with Crippen molar-refractivity contribution in [2.24, 2.45) is 5.92 Å². The van der Waals surface area contributed by atoms with E-state index in [9.17, 15) is 18.0 Å². The number of fused-ring (bicyclic) bond motifs is 1. The van der Waals surface area contributed by atoms with Gasteiger partial charge in [-0.3, -0.25) is 9.59 Å². The molecule has 1 fully saturated rings. The summed E-state index contributed by atoms with van der Waals surface area (Å²) in [5, 5.41) is 3.18. The highest BCUT2D eigenvalue weighted by molar-refractivity contribution is 7.91. The summed E-state index contributed by atoms with van der Waals surface area (Å²) in [6, 6.07) is 4.78. The van der Waals surface area contributed by atoms with Crippen molar-refractivity contribution < 1.29 is 27.5 Å². The fraction of sp³-hybridized carbons (Fsp3) is 0.529. The number of carbonyl (C=O) groups is 2. The van der Waals surface area contributed by atoms with E-state index in [-0.39, 0.29) is 18.1 Å². The van der Waals surface area contributed by atoms with E-state index >= 15 is 0 Å². The number of nitrogens with one attached hydrogen (secondary N) is 1. The molecule has 2 aliphatic rings. The molecule has 0 saturated carbocycles. The van der Waals surface area contributed by atoms with Gasteiger partial charge in [0.15, 0.2) is 15.9 Å². The second-order valence-electron chi connectivity index (χ2n) is 6.65. The van der Waals surface area contributed by atoms with Crippen molar-refractivity contribution >= 4 is 33.3 Å². The highest BCUT2D eigenvalue weighted by Crippen LogP contribution is 2.30. The first-order valence-electron chi connectivity index (χ1n) is 8.36. The number of benzene rings is 1. The second-order valence-corrected chi connectivity index (χ2v) is 9.32. The molecule has 0 bridgehead atoms. The van der Waals surface area contributed by atoms with Crippen LogP contribution in [0.1, 0.15) is 18.9 Å². The van der Waals surface area contributed by atoms with Crippen LogP contribution in [0.5, 0.6) is 5.75 Å². The quantitative estimate of drug-likeness (QED) is 0.759. The molecule has 26 heavy (non-hydrogen) atoms. The minimum Gasteiger partial charge on any atom is -0.492 e. The molecule has 7 nitrogen and oxygen atoms in total. The number of halogens is 1. The van der Waals surface area contributed by atoms with Crippen LogP contribution in [0.3, 0.4) is 0 Å². The van der Waals surface area contributed by atoms with Crippen LogP contribution in [-0.2, 0) is 30.6 Å². The first kappa shape index (κ1) is 19.0. The van der Waals surface area contributed by atoms with Crippen LogP contribution in [0, 0.1) is 5.92 Å². The van der Waals surface area contributed by atoms with Crippen LogP contribution in [0.4, 0.5) is 0 Å². The molecule has 1 amide bonds. The fourth-order valence-electron chi connectivity index (χ4n) is 3.07. The van der Waals surface area contributed by atoms with Gasteiger partial charge in [0.1, 0.15) is 12.4 Å². The van der Waals surface area contributed by atoms with Gasteiger partial charge in [-0.1, -0.05) is 11.6 Å². The lowest BCUT2D eigenvalue weighted by atomic mass is 9.97. The molecule has 142 valence electrons. The van der Waals surface area contributed by atoms with Crippen LogP contribution in [0.15, 0.2) is 18.2 Å². The van der Waals surface area contributed by atoms with E-state index in [1.54, 1.807) is 18.2 Å². The molecule has 2 heterocycles. The minimum atomic E-state index is -3.09. The Kier molecular flexibility index (Phi) is 5.43. The molecule has 3 atom stereocenters. The van der Waals surface area contributed by atoms with Gasteiger partial charge in [0.25, 0.3) is 5.91 Å². The lowest BCUT2D eigenvalue weighted by Gasteiger charge is -2.25. The van der Waals surface area contributed by atoms with Gasteiger partial charge in [0.05, 0.1) is 17.4 Å². The van der Waals surface area contributed by atoms with Crippen LogP contribution in [0.2, 0.25) is 5.02 Å². The number of hydrogen-bond acceptors (Lipinski definition) is 6. The lowest BCUT2D eigenvalue weighted by molar-refractivity contribution is -0.160. The Hall–Kier alpha value is -1.80. The van der Waals surface area contributed by atoms with E-state index < -0.39 is 39.8 Å². The smallest absolute Gasteiger partial charge is 0.313 e. The third-order valence-electron chi connectivity index (χ3n) is 4.50. The van der Waals surface area contributed by atoms with E-state index in [4.69, 9.17) is 21.1 Å². The molecule has 2 aliphatic heterocycles. The Morgan fingerprint density at radius 1 is 1.38 bits per heavy atom. The number of sulfone groups is 1. The Morgan fingerprint density at radius 2 is 2.15 bits per heavy atom. The molecule has 0 aromatic heterocycles. The average Bonchev–Trinajstić information content (AvgIpc) is 2.92. The number of carbonyl (C=O) groups excluding carboxylic acids is 2. The van der Waals surface area contributed by atoms with Gasteiger partial charge < -0.3 is 14.8 Å². The number of rotatable bonds is 4. The SMILES string of the molecule is C[C@H](OC(=O)[C@H]1COc2ccc(Cl)cc2C1)C(=O)N[C@@H]1CCS(=O)(=O)C1. The standard InChI is InChI=1S/C17H20ClNO6S/c1-10(16(20)19-14-4-5-26(22,23)9-14)25-17(21)12-6-11-7-13(18)2-3-15(11)24-8-12/h2-3,7,10,12,14H,4-6,8-9H2,1H3,(H,19,20)/t10-,12+,14+/m0/s1. The fourth-order valence-corrected chi connectivity index (χ4v) is 4.93. The summed E-state index contributed by atoms with van der Waals surface area (Å²) in [7, 11) is -3.09. The van der Waals surface area contributed by atoms with Crippen LogP contribution in [0.25, 0.3) is 0 Å². The van der Waals surface area contributed by atoms with E-state index in [2.05, 4.69) is 5.32 Å². The predicted molar refractivity (Wildman–Crippen MR) is 94.9 cm³/mol. The van der Waals surface area contributed by atoms with Gasteiger partial charge in [0.2, 0.25) is 0 Å². The van der Waals surface area contributed by atoms with E-state index in [1.165, 1.54) is 6.92 Å². The molecule has 0 radical (unpaired) electrons. The second kappa shape index (κ2) is 7.44. The topological polar surface area (TPSA) is 98.8 Å². The zero-order chi connectivity index (χ0) is 18.9. The van der Waals surface area contributed by atoms with Crippen molar-refractivity contribution in [1.82, 2.24) is 5.32 Å². The monoisotopic (exact) mass is 401 g/mol. The summed E-state index contributed by atoms with van der Waals surface area (Å²) in [6.07, 6.45) is -0.210. The maximum Gasteiger partial charge on any atom is 0.313 e. The highest BCUT2D eigenvalue weighted by Gasteiger charge is 2.33. The zero-order valence-corrected chi connectivity index (χ0v) is 15.8. The molecule has 1 aromatic rings. The summed E-state index contributed by atoms with van der Waals surface area (Å²) in [6.45, 7) is 1.63. The van der Waals surface area contributed by atoms with Gasteiger partial charge in [-0.05, 0) is 43.5 Å². The normalized spacial score (nSPS) is 24.8. The van der Waals surface area contributed by atoms with Gasteiger partial charge in [-0.25, -0.2) is 8.42 Å². The van der Waals surface area contributed by atoms with Crippen molar-refractivity contribution in [1.29, 1.82) is 0 Å². The summed E-state index contributed by atoms with van der Waals surface area (Å²) in [5.41, 5.74) is 0.818. The summed E-state index contributed by atoms with van der Waals surface area (Å²) >= 11 is 5.96. The van der Waals surface area contributed by atoms with Crippen molar-refractivity contribution in [2.45, 2.75) is 31.9 Å². The van der Waals surface area contributed by atoms with E-state index in [0.29, 0.717) is 23.6 Å². The number of amides is 1. The maximum atomic E-state index is 12.3. The summed E-state index contributed by atoms with van der Waals surface area (Å²) in [4.78, 5) is 24.5. The van der Waals surface area contributed by atoms with E-state index in [0.717, 1.165) is 5.56 Å². The Labute approximate surface area is 156 Å². The Bertz CT molecular complexity index is 825. The summed E-state index contributed by atoms with van der Waals surface area (Å²) in [5.74, 6) is -0.881. The number of esters is 1. The zero-order valence-electron chi connectivity index (χ0n) is 14.2. The largest absolute Gasteiger partial charge is 0.492 e. The third-order valence-corrected chi connectivity index (χ3v) is 6.51. The molecule has 1 saturated heterocycles. The highest BCUT2D eigenvalue weighted by atomic mass is 35.5. The van der Waals surface area contributed by atoms with Crippen molar-refractivity contribution in [3.63, 3.8) is 0 Å². The number of hydrogen-bond donors (Lipinski definition) is 1. The Balaban J connectivity index is 1.53. The lowest BCUT2D eigenvalue weighted by Crippen LogP contribution is -2.43. The molecule has 0 unspecified atom stereocenters. The number of ether oxygens (including phenoxy) is 2. The molecule has 9 heteroatoms. The average molecular weight is 402 g/mol. The predicted octanol–water partition coefficient (Wildman–Crippen LogP) is 1.13. The first-order chi connectivity index (χ1) is 12.2. The van der Waals surface area contributed by atoms with Gasteiger partial charge in [-0.2, -0.15) is 0 Å². The van der Waals surface area contributed by atoms with Crippen molar-refractivity contribution in [3.8, 4) is 5.75 Å². The van der Waals surface area contributed by atoms with Crippen molar-refractivity contribution in [2.75, 3.05) is 18.1 Å². The molecular formula is C17H20ClNO6S. The van der Waals surface area contributed by atoms with E-state index in [1.807, 2.05) is 0 Å². The van der Waals surface area contributed by atoms with Crippen LogP contribution >= 0.6 is 11.6 Å². The molecular weight excluding hydrogens is 382 g/mol. The Morgan fingerprint density at radius 3 is 2.85 bits per heavy atom. The molecule has 3 rings (SSSR count).